The van der Waals surface area contributed by atoms with Gasteiger partial charge in [0.1, 0.15) is 5.82 Å². The Balaban J connectivity index is 1.83. The molecule has 0 unspecified atom stereocenters. The molecule has 0 bridgehead atoms. The maximum atomic E-state index is 5.86. The molecule has 1 aromatic rings. The van der Waals surface area contributed by atoms with Gasteiger partial charge in [0.05, 0.1) is 6.54 Å². The Kier molecular flexibility index (Phi) is 4.60. The molecule has 0 aromatic carbocycles. The third kappa shape index (κ3) is 4.12. The molecule has 3 N–H and O–H groups in total. The first kappa shape index (κ1) is 13.6. The molecular formula is C14H23N5. The lowest BCUT2D eigenvalue weighted by molar-refractivity contribution is 0.315. The molecule has 1 aliphatic rings. The number of aliphatic imine (C=N–C) groups is 1. The summed E-state index contributed by atoms with van der Waals surface area (Å²) in [6.07, 6.45) is 5.79. The third-order valence-corrected chi connectivity index (χ3v) is 3.50. The van der Waals surface area contributed by atoms with Crippen molar-refractivity contribution in [2.45, 2.75) is 25.8 Å². The Labute approximate surface area is 114 Å². The van der Waals surface area contributed by atoms with Gasteiger partial charge in [0.25, 0.3) is 0 Å². The number of hydrogen-bond acceptors (Lipinski definition) is 3. The first-order valence-corrected chi connectivity index (χ1v) is 6.81. The molecular weight excluding hydrogens is 238 g/mol. The van der Waals surface area contributed by atoms with Gasteiger partial charge in [-0.3, -0.25) is 0 Å². The van der Waals surface area contributed by atoms with E-state index in [-0.39, 0.29) is 0 Å². The van der Waals surface area contributed by atoms with Gasteiger partial charge in [-0.25, -0.2) is 9.98 Å². The van der Waals surface area contributed by atoms with Gasteiger partial charge in [-0.05, 0) is 36.5 Å². The van der Waals surface area contributed by atoms with E-state index in [4.69, 9.17) is 5.73 Å². The van der Waals surface area contributed by atoms with Gasteiger partial charge >= 0.3 is 0 Å². The highest BCUT2D eigenvalue weighted by molar-refractivity contribution is 5.77. The Hall–Kier alpha value is -1.78. The van der Waals surface area contributed by atoms with E-state index in [1.165, 1.54) is 19.3 Å². The standard InChI is InChI=1S/C14H23N5/c1-19(2)13-8-12(6-7-16-13)10-18-14(15)17-9-11-4-3-5-11/h6-8,11H,3-5,9-10H2,1-2H3,(H3,15,17,18). The van der Waals surface area contributed by atoms with Crippen LogP contribution in [-0.2, 0) is 6.54 Å². The number of guanidine groups is 1. The van der Waals surface area contributed by atoms with Gasteiger partial charge in [-0.15, -0.1) is 0 Å². The van der Waals surface area contributed by atoms with E-state index in [1.807, 2.05) is 31.1 Å². The minimum absolute atomic E-state index is 0.537. The third-order valence-electron chi connectivity index (χ3n) is 3.50. The van der Waals surface area contributed by atoms with Crippen molar-refractivity contribution in [2.75, 3.05) is 25.5 Å². The van der Waals surface area contributed by atoms with Crippen LogP contribution >= 0.6 is 0 Å². The van der Waals surface area contributed by atoms with Crippen molar-refractivity contribution in [3.63, 3.8) is 0 Å². The molecule has 5 heteroatoms. The summed E-state index contributed by atoms with van der Waals surface area (Å²) in [4.78, 5) is 10.6. The van der Waals surface area contributed by atoms with Crippen LogP contribution in [-0.4, -0.2) is 31.6 Å². The Bertz CT molecular complexity index is 437. The molecule has 19 heavy (non-hydrogen) atoms. The van der Waals surface area contributed by atoms with E-state index < -0.39 is 0 Å². The number of rotatable bonds is 5. The highest BCUT2D eigenvalue weighted by atomic mass is 15.1. The van der Waals surface area contributed by atoms with Crippen LogP contribution in [0, 0.1) is 5.92 Å². The number of nitrogens with one attached hydrogen (secondary N) is 1. The van der Waals surface area contributed by atoms with Crippen molar-refractivity contribution in [1.29, 1.82) is 0 Å². The monoisotopic (exact) mass is 261 g/mol. The van der Waals surface area contributed by atoms with Crippen LogP contribution < -0.4 is 16.0 Å². The van der Waals surface area contributed by atoms with Crippen molar-refractivity contribution in [2.24, 2.45) is 16.6 Å². The molecule has 1 heterocycles. The summed E-state index contributed by atoms with van der Waals surface area (Å²) < 4.78 is 0. The van der Waals surface area contributed by atoms with Gasteiger partial charge in [0.2, 0.25) is 0 Å². The fourth-order valence-corrected chi connectivity index (χ4v) is 1.98. The number of pyridine rings is 1. The quantitative estimate of drug-likeness (QED) is 0.620. The second-order valence-corrected chi connectivity index (χ2v) is 5.30. The van der Waals surface area contributed by atoms with Crippen LogP contribution in [0.1, 0.15) is 24.8 Å². The summed E-state index contributed by atoms with van der Waals surface area (Å²) in [6.45, 7) is 1.54. The minimum Gasteiger partial charge on any atom is -0.370 e. The van der Waals surface area contributed by atoms with E-state index in [9.17, 15) is 0 Å². The van der Waals surface area contributed by atoms with Gasteiger partial charge in [-0.1, -0.05) is 6.42 Å². The molecule has 104 valence electrons. The molecule has 0 atom stereocenters. The van der Waals surface area contributed by atoms with Crippen LogP contribution in [0.3, 0.4) is 0 Å². The van der Waals surface area contributed by atoms with Crippen LogP contribution in [0.4, 0.5) is 5.82 Å². The molecule has 1 aliphatic carbocycles. The highest BCUT2D eigenvalue weighted by Gasteiger charge is 2.16. The molecule has 2 rings (SSSR count). The van der Waals surface area contributed by atoms with E-state index >= 15 is 0 Å². The minimum atomic E-state index is 0.537. The number of nitrogens with two attached hydrogens (primary N) is 1. The fraction of sp³-hybridized carbons (Fsp3) is 0.571. The lowest BCUT2D eigenvalue weighted by atomic mass is 9.85. The summed E-state index contributed by atoms with van der Waals surface area (Å²) >= 11 is 0. The maximum absolute atomic E-state index is 5.86. The Morgan fingerprint density at radius 1 is 1.53 bits per heavy atom. The maximum Gasteiger partial charge on any atom is 0.188 e. The number of nitrogens with zero attached hydrogens (tertiary/aromatic N) is 3. The van der Waals surface area contributed by atoms with Crippen molar-refractivity contribution in [3.05, 3.63) is 23.9 Å². The topological polar surface area (TPSA) is 66.5 Å². The van der Waals surface area contributed by atoms with Crippen LogP contribution in [0.2, 0.25) is 0 Å². The summed E-state index contributed by atoms with van der Waals surface area (Å²) in [5.41, 5.74) is 6.98. The van der Waals surface area contributed by atoms with Crippen LogP contribution in [0.25, 0.3) is 0 Å². The summed E-state index contributed by atoms with van der Waals surface area (Å²) in [5.74, 6) is 2.26. The second-order valence-electron chi connectivity index (χ2n) is 5.30. The Morgan fingerprint density at radius 3 is 2.95 bits per heavy atom. The van der Waals surface area contributed by atoms with Gasteiger partial charge in [-0.2, -0.15) is 0 Å². The highest BCUT2D eigenvalue weighted by Crippen LogP contribution is 2.24. The van der Waals surface area contributed by atoms with E-state index in [2.05, 4.69) is 15.3 Å². The van der Waals surface area contributed by atoms with Gasteiger partial charge < -0.3 is 16.0 Å². The van der Waals surface area contributed by atoms with E-state index in [0.29, 0.717) is 12.5 Å². The van der Waals surface area contributed by atoms with E-state index in [0.717, 1.165) is 23.8 Å². The van der Waals surface area contributed by atoms with E-state index in [1.54, 1.807) is 6.20 Å². The van der Waals surface area contributed by atoms with Gasteiger partial charge in [0.15, 0.2) is 5.96 Å². The van der Waals surface area contributed by atoms with Crippen molar-refractivity contribution < 1.29 is 0 Å². The Morgan fingerprint density at radius 2 is 2.32 bits per heavy atom. The van der Waals surface area contributed by atoms with Crippen molar-refractivity contribution in [1.82, 2.24) is 10.3 Å². The first-order chi connectivity index (χ1) is 9.15. The second kappa shape index (κ2) is 6.41. The largest absolute Gasteiger partial charge is 0.370 e. The number of hydrogen-bond donors (Lipinski definition) is 2. The molecule has 0 amide bonds. The molecule has 1 saturated carbocycles. The van der Waals surface area contributed by atoms with Crippen LogP contribution in [0.15, 0.2) is 23.3 Å². The predicted molar refractivity (Wildman–Crippen MR) is 79.2 cm³/mol. The zero-order valence-electron chi connectivity index (χ0n) is 11.8. The van der Waals surface area contributed by atoms with Crippen molar-refractivity contribution in [3.8, 4) is 0 Å². The SMILES string of the molecule is CN(C)c1cc(CN=C(N)NCC2CCC2)ccn1. The molecule has 5 nitrogen and oxygen atoms in total. The summed E-state index contributed by atoms with van der Waals surface area (Å²) in [5, 5.41) is 3.19. The lowest BCUT2D eigenvalue weighted by Gasteiger charge is -2.25. The lowest BCUT2D eigenvalue weighted by Crippen LogP contribution is -2.37. The summed E-state index contributed by atoms with van der Waals surface area (Å²) in [7, 11) is 3.95. The average Bonchev–Trinajstić information content (AvgIpc) is 2.35. The average molecular weight is 261 g/mol. The van der Waals surface area contributed by atoms with Crippen molar-refractivity contribution >= 4 is 11.8 Å². The normalized spacial score (nSPS) is 16.0. The van der Waals surface area contributed by atoms with Gasteiger partial charge in [0, 0.05) is 26.8 Å². The summed E-state index contributed by atoms with van der Waals surface area (Å²) in [6, 6.07) is 4.00. The molecule has 0 radical (unpaired) electrons. The predicted octanol–water partition coefficient (Wildman–Crippen LogP) is 1.35. The molecule has 0 spiro atoms. The zero-order chi connectivity index (χ0) is 13.7. The number of aromatic nitrogens is 1. The zero-order valence-corrected chi connectivity index (χ0v) is 11.8. The molecule has 1 fully saturated rings. The van der Waals surface area contributed by atoms with Crippen LogP contribution in [0.5, 0.6) is 0 Å². The fourth-order valence-electron chi connectivity index (χ4n) is 1.98. The number of anilines is 1. The first-order valence-electron chi connectivity index (χ1n) is 6.81. The molecule has 0 saturated heterocycles. The molecule has 1 aromatic heterocycles. The molecule has 0 aliphatic heterocycles. The smallest absolute Gasteiger partial charge is 0.188 e.